The van der Waals surface area contributed by atoms with Gasteiger partial charge in [-0.3, -0.25) is 14.4 Å². The zero-order chi connectivity index (χ0) is 24.5. The van der Waals surface area contributed by atoms with Gasteiger partial charge in [0.15, 0.2) is 0 Å². The number of carboxylic acids is 1. The summed E-state index contributed by atoms with van der Waals surface area (Å²) in [6.07, 6.45) is 1.25. The first-order valence-electron chi connectivity index (χ1n) is 11.3. The standard InChI is InChI=1S/C27H23N3O5/c1-16-9-10-19-18(14-16)25(17-6-3-2-4-7-17)26(27(34)28-19)20-15-21(22-8-5-13-35-22)30(29-20)23(31)11-12-24(32)33/h2-10,13-14,21H,11-12,15H2,1H3,(H,28,34)(H,32,33)/t21-/m1/s1. The van der Waals surface area contributed by atoms with Crippen LogP contribution in [0.1, 0.15) is 42.2 Å². The minimum atomic E-state index is -1.07. The normalized spacial score (nSPS) is 15.4. The average molecular weight is 469 g/mol. The highest BCUT2D eigenvalue weighted by Gasteiger charge is 2.36. The highest BCUT2D eigenvalue weighted by molar-refractivity contribution is 6.13. The smallest absolute Gasteiger partial charge is 0.303 e. The lowest BCUT2D eigenvalue weighted by molar-refractivity contribution is -0.141. The number of nitrogens with one attached hydrogen (secondary N) is 1. The lowest BCUT2D eigenvalue weighted by atomic mass is 9.91. The second-order valence-electron chi connectivity index (χ2n) is 8.53. The van der Waals surface area contributed by atoms with Crippen molar-refractivity contribution in [3.05, 3.63) is 94.2 Å². The number of fused-ring (bicyclic) bond motifs is 1. The predicted octanol–water partition coefficient (Wildman–Crippen LogP) is 4.64. The summed E-state index contributed by atoms with van der Waals surface area (Å²) in [5.74, 6) is -0.996. The van der Waals surface area contributed by atoms with E-state index in [0.717, 1.165) is 22.1 Å². The molecule has 8 heteroatoms. The molecule has 176 valence electrons. The number of H-pyrrole nitrogens is 1. The van der Waals surface area contributed by atoms with Crippen molar-refractivity contribution in [3.8, 4) is 11.1 Å². The molecule has 35 heavy (non-hydrogen) atoms. The van der Waals surface area contributed by atoms with E-state index < -0.39 is 17.9 Å². The maximum absolute atomic E-state index is 13.4. The molecule has 2 N–H and O–H groups in total. The summed E-state index contributed by atoms with van der Waals surface area (Å²) >= 11 is 0. The van der Waals surface area contributed by atoms with Gasteiger partial charge < -0.3 is 14.5 Å². The fraction of sp³-hybridized carbons (Fsp3) is 0.185. The summed E-state index contributed by atoms with van der Waals surface area (Å²) in [6, 6.07) is 18.3. The Hall–Kier alpha value is -4.46. The van der Waals surface area contributed by atoms with Gasteiger partial charge in [-0.2, -0.15) is 5.10 Å². The number of rotatable bonds is 6. The number of aliphatic carboxylic acids is 1. The van der Waals surface area contributed by atoms with Crippen molar-refractivity contribution in [1.82, 2.24) is 9.99 Å². The van der Waals surface area contributed by atoms with Crippen molar-refractivity contribution in [2.45, 2.75) is 32.2 Å². The van der Waals surface area contributed by atoms with E-state index in [4.69, 9.17) is 9.52 Å². The number of carbonyl (C=O) groups is 2. The Bertz CT molecular complexity index is 1500. The molecule has 0 saturated carbocycles. The van der Waals surface area contributed by atoms with E-state index in [1.165, 1.54) is 11.3 Å². The molecule has 1 aliphatic rings. The average Bonchev–Trinajstić information content (AvgIpc) is 3.53. The van der Waals surface area contributed by atoms with E-state index in [1.807, 2.05) is 55.5 Å². The van der Waals surface area contributed by atoms with Crippen LogP contribution >= 0.6 is 0 Å². The van der Waals surface area contributed by atoms with E-state index in [9.17, 15) is 14.4 Å². The van der Waals surface area contributed by atoms with Crippen LogP contribution in [0.2, 0.25) is 0 Å². The first kappa shape index (κ1) is 22.3. The topological polar surface area (TPSA) is 116 Å². The minimum Gasteiger partial charge on any atom is -0.481 e. The fourth-order valence-corrected chi connectivity index (χ4v) is 4.51. The van der Waals surface area contributed by atoms with E-state index in [-0.39, 0.29) is 24.8 Å². The molecule has 1 amide bonds. The summed E-state index contributed by atoms with van der Waals surface area (Å²) in [7, 11) is 0. The molecule has 0 radical (unpaired) electrons. The first-order chi connectivity index (χ1) is 16.9. The molecule has 0 spiro atoms. The predicted molar refractivity (Wildman–Crippen MR) is 131 cm³/mol. The summed E-state index contributed by atoms with van der Waals surface area (Å²) in [5.41, 5.74) is 3.87. The minimum absolute atomic E-state index is 0.206. The van der Waals surface area contributed by atoms with Crippen LogP contribution in [0.25, 0.3) is 22.0 Å². The Morgan fingerprint density at radius 2 is 1.89 bits per heavy atom. The number of hydrazone groups is 1. The van der Waals surface area contributed by atoms with Gasteiger partial charge in [-0.15, -0.1) is 0 Å². The third-order valence-electron chi connectivity index (χ3n) is 6.11. The zero-order valence-electron chi connectivity index (χ0n) is 19.0. The van der Waals surface area contributed by atoms with Crippen LogP contribution in [0.4, 0.5) is 0 Å². The summed E-state index contributed by atoms with van der Waals surface area (Å²) in [6.45, 7) is 1.99. The highest BCUT2D eigenvalue weighted by atomic mass is 16.4. The SMILES string of the molecule is Cc1ccc2[nH]c(=O)c(C3=NN(C(=O)CCC(=O)O)[C@@H](c4ccco4)C3)c(-c3ccccc3)c2c1. The van der Waals surface area contributed by atoms with Gasteiger partial charge >= 0.3 is 5.97 Å². The molecule has 0 bridgehead atoms. The van der Waals surface area contributed by atoms with E-state index >= 15 is 0 Å². The molecule has 5 rings (SSSR count). The number of carbonyl (C=O) groups excluding carboxylic acids is 1. The quantitative estimate of drug-likeness (QED) is 0.427. The summed E-state index contributed by atoms with van der Waals surface area (Å²) in [4.78, 5) is 40.4. The van der Waals surface area contributed by atoms with Crippen LogP contribution in [0.3, 0.4) is 0 Å². The van der Waals surface area contributed by atoms with Crippen molar-refractivity contribution in [3.63, 3.8) is 0 Å². The number of nitrogens with zero attached hydrogens (tertiary/aromatic N) is 2. The maximum Gasteiger partial charge on any atom is 0.303 e. The lowest BCUT2D eigenvalue weighted by Gasteiger charge is -2.19. The fourth-order valence-electron chi connectivity index (χ4n) is 4.51. The van der Waals surface area contributed by atoms with Crippen molar-refractivity contribution in [1.29, 1.82) is 0 Å². The Labute approximate surface area is 200 Å². The van der Waals surface area contributed by atoms with Gasteiger partial charge in [0.1, 0.15) is 11.8 Å². The molecule has 1 atom stereocenters. The molecule has 2 aromatic carbocycles. The Balaban J connectivity index is 1.70. The number of pyridine rings is 1. The first-order valence-corrected chi connectivity index (χ1v) is 11.3. The van der Waals surface area contributed by atoms with E-state index in [0.29, 0.717) is 22.6 Å². The molecular formula is C27H23N3O5. The number of aryl methyl sites for hydroxylation is 1. The van der Waals surface area contributed by atoms with Crippen LogP contribution < -0.4 is 5.56 Å². The molecule has 8 nitrogen and oxygen atoms in total. The number of aromatic nitrogens is 1. The number of carboxylic acid groups (broad SMARTS) is 1. The highest BCUT2D eigenvalue weighted by Crippen LogP contribution is 2.37. The molecule has 2 aromatic heterocycles. The second kappa shape index (κ2) is 9.06. The number of amides is 1. The Morgan fingerprint density at radius 3 is 2.60 bits per heavy atom. The second-order valence-corrected chi connectivity index (χ2v) is 8.53. The van der Waals surface area contributed by atoms with E-state index in [2.05, 4.69) is 10.1 Å². The lowest BCUT2D eigenvalue weighted by Crippen LogP contribution is -2.27. The molecule has 0 saturated heterocycles. The summed E-state index contributed by atoms with van der Waals surface area (Å²) in [5, 5.41) is 15.7. The number of furan rings is 1. The summed E-state index contributed by atoms with van der Waals surface area (Å²) < 4.78 is 5.57. The molecule has 3 heterocycles. The zero-order valence-corrected chi connectivity index (χ0v) is 19.0. The molecule has 0 fully saturated rings. The Morgan fingerprint density at radius 1 is 1.09 bits per heavy atom. The van der Waals surface area contributed by atoms with Gasteiger partial charge in [0, 0.05) is 29.3 Å². The number of hydrogen-bond donors (Lipinski definition) is 2. The molecule has 0 aliphatic carbocycles. The maximum atomic E-state index is 13.4. The van der Waals surface area contributed by atoms with Gasteiger partial charge in [-0.25, -0.2) is 5.01 Å². The van der Waals surface area contributed by atoms with Crippen LogP contribution in [0.15, 0.2) is 81.2 Å². The molecule has 4 aromatic rings. The monoisotopic (exact) mass is 469 g/mol. The molecule has 1 aliphatic heterocycles. The van der Waals surface area contributed by atoms with Gasteiger partial charge in [0.25, 0.3) is 5.56 Å². The van der Waals surface area contributed by atoms with Crippen LogP contribution in [-0.2, 0) is 9.59 Å². The largest absolute Gasteiger partial charge is 0.481 e. The van der Waals surface area contributed by atoms with Crippen molar-refractivity contribution >= 4 is 28.5 Å². The van der Waals surface area contributed by atoms with Gasteiger partial charge in [-0.1, -0.05) is 42.0 Å². The van der Waals surface area contributed by atoms with Crippen molar-refractivity contribution in [2.75, 3.05) is 0 Å². The Kier molecular flexibility index (Phi) is 5.78. The van der Waals surface area contributed by atoms with Crippen LogP contribution in [0, 0.1) is 6.92 Å². The van der Waals surface area contributed by atoms with E-state index in [1.54, 1.807) is 12.1 Å². The van der Waals surface area contributed by atoms with Gasteiger partial charge in [-0.05, 0) is 36.8 Å². The number of aromatic amines is 1. The number of benzene rings is 2. The number of hydrogen-bond acceptors (Lipinski definition) is 5. The molecular weight excluding hydrogens is 446 g/mol. The van der Waals surface area contributed by atoms with Gasteiger partial charge in [0.2, 0.25) is 5.91 Å². The van der Waals surface area contributed by atoms with Crippen LogP contribution in [0.5, 0.6) is 0 Å². The van der Waals surface area contributed by atoms with Gasteiger partial charge in [0.05, 0.1) is 24.0 Å². The third-order valence-corrected chi connectivity index (χ3v) is 6.11. The third kappa shape index (κ3) is 4.26. The van der Waals surface area contributed by atoms with Crippen LogP contribution in [-0.4, -0.2) is 32.7 Å². The van der Waals surface area contributed by atoms with Crippen molar-refractivity contribution in [2.24, 2.45) is 5.10 Å². The molecule has 0 unspecified atom stereocenters. The van der Waals surface area contributed by atoms with Crippen molar-refractivity contribution < 1.29 is 19.1 Å².